The molecule has 4 nitrogen and oxygen atoms in total. The van der Waals surface area contributed by atoms with Crippen molar-refractivity contribution in [1.82, 2.24) is 10.2 Å². The second-order valence-electron chi connectivity index (χ2n) is 3.78. The number of ether oxygens (including phenoxy) is 1. The van der Waals surface area contributed by atoms with E-state index < -0.39 is 0 Å². The molecule has 1 aromatic heterocycles. The molecule has 0 aliphatic heterocycles. The van der Waals surface area contributed by atoms with Crippen LogP contribution in [0.3, 0.4) is 0 Å². The number of hydrogen-bond donors (Lipinski definition) is 1. The molecule has 1 heterocycles. The summed E-state index contributed by atoms with van der Waals surface area (Å²) in [4.78, 5) is 0. The fourth-order valence-electron chi connectivity index (χ4n) is 0.825. The molecule has 13 heavy (non-hydrogen) atoms. The van der Waals surface area contributed by atoms with Gasteiger partial charge < -0.3 is 10.5 Å². The monoisotopic (exact) mass is 181 g/mol. The highest BCUT2D eigenvalue weighted by Gasteiger charge is 2.12. The summed E-state index contributed by atoms with van der Waals surface area (Å²) in [6.07, 6.45) is 0. The van der Waals surface area contributed by atoms with E-state index in [-0.39, 0.29) is 5.60 Å². The molecule has 0 atom stereocenters. The Kier molecular flexibility index (Phi) is 2.83. The molecular weight excluding hydrogens is 166 g/mol. The van der Waals surface area contributed by atoms with Crippen LogP contribution in [0.25, 0.3) is 0 Å². The zero-order chi connectivity index (χ0) is 9.90. The molecule has 1 rings (SSSR count). The van der Waals surface area contributed by atoms with Gasteiger partial charge >= 0.3 is 0 Å². The van der Waals surface area contributed by atoms with E-state index >= 15 is 0 Å². The first-order valence-electron chi connectivity index (χ1n) is 4.23. The van der Waals surface area contributed by atoms with Gasteiger partial charge in [0.25, 0.3) is 0 Å². The van der Waals surface area contributed by atoms with Crippen molar-refractivity contribution in [1.29, 1.82) is 0 Å². The highest BCUT2D eigenvalue weighted by Crippen LogP contribution is 2.13. The minimum absolute atomic E-state index is 0.237. The van der Waals surface area contributed by atoms with E-state index in [0.717, 1.165) is 5.69 Å². The molecule has 0 aromatic carbocycles. The maximum Gasteiger partial charge on any atom is 0.233 e. The van der Waals surface area contributed by atoms with Crippen molar-refractivity contribution < 1.29 is 4.74 Å². The summed E-state index contributed by atoms with van der Waals surface area (Å²) in [6, 6.07) is 3.59. The molecule has 0 fully saturated rings. The molecule has 0 saturated carbocycles. The standard InChI is InChI=1S/C9H15N3O/c1-9(2,3)13-8-5-4-7(6-10)11-12-8/h4-5H,6,10H2,1-3H3. The van der Waals surface area contributed by atoms with Crippen molar-refractivity contribution in [2.24, 2.45) is 5.73 Å². The Hall–Kier alpha value is -1.16. The quantitative estimate of drug-likeness (QED) is 0.742. The predicted molar refractivity (Wildman–Crippen MR) is 50.3 cm³/mol. The molecule has 1 aromatic rings. The van der Waals surface area contributed by atoms with E-state index in [4.69, 9.17) is 10.5 Å². The normalized spacial score (nSPS) is 11.4. The highest BCUT2D eigenvalue weighted by atomic mass is 16.5. The van der Waals surface area contributed by atoms with Gasteiger partial charge in [0.05, 0.1) is 5.69 Å². The Morgan fingerprint density at radius 3 is 2.38 bits per heavy atom. The minimum atomic E-state index is -0.237. The summed E-state index contributed by atoms with van der Waals surface area (Å²) in [5.41, 5.74) is 5.91. The van der Waals surface area contributed by atoms with Crippen molar-refractivity contribution in [2.45, 2.75) is 32.9 Å². The average Bonchev–Trinajstić information content (AvgIpc) is 2.03. The van der Waals surface area contributed by atoms with E-state index in [2.05, 4.69) is 10.2 Å². The van der Waals surface area contributed by atoms with Gasteiger partial charge in [-0.3, -0.25) is 0 Å². The van der Waals surface area contributed by atoms with Crippen molar-refractivity contribution in [3.05, 3.63) is 17.8 Å². The van der Waals surface area contributed by atoms with Crippen LogP contribution in [0.5, 0.6) is 5.88 Å². The number of rotatable bonds is 2. The number of nitrogens with two attached hydrogens (primary N) is 1. The summed E-state index contributed by atoms with van der Waals surface area (Å²) < 4.78 is 5.49. The largest absolute Gasteiger partial charge is 0.471 e. The van der Waals surface area contributed by atoms with Gasteiger partial charge in [0, 0.05) is 12.6 Å². The van der Waals surface area contributed by atoms with Gasteiger partial charge in [-0.15, -0.1) is 5.10 Å². The third kappa shape index (κ3) is 3.38. The van der Waals surface area contributed by atoms with Gasteiger partial charge in [-0.1, -0.05) is 0 Å². The number of hydrogen-bond acceptors (Lipinski definition) is 4. The van der Waals surface area contributed by atoms with Crippen LogP contribution in [-0.4, -0.2) is 15.8 Å². The van der Waals surface area contributed by atoms with Crippen LogP contribution in [0.2, 0.25) is 0 Å². The minimum Gasteiger partial charge on any atom is -0.471 e. The lowest BCUT2D eigenvalue weighted by molar-refractivity contribution is 0.122. The molecular formula is C9H15N3O. The Morgan fingerprint density at radius 2 is 2.00 bits per heavy atom. The van der Waals surface area contributed by atoms with Gasteiger partial charge in [0.15, 0.2) is 0 Å². The zero-order valence-corrected chi connectivity index (χ0v) is 8.24. The zero-order valence-electron chi connectivity index (χ0n) is 8.24. The van der Waals surface area contributed by atoms with Crippen LogP contribution in [-0.2, 0) is 6.54 Å². The lowest BCUT2D eigenvalue weighted by atomic mass is 10.2. The van der Waals surface area contributed by atoms with Crippen molar-refractivity contribution >= 4 is 0 Å². The van der Waals surface area contributed by atoms with Crippen LogP contribution in [0, 0.1) is 0 Å². The first-order chi connectivity index (χ1) is 6.01. The second-order valence-corrected chi connectivity index (χ2v) is 3.78. The predicted octanol–water partition coefficient (Wildman–Crippen LogP) is 1.11. The molecule has 2 N–H and O–H groups in total. The van der Waals surface area contributed by atoms with Gasteiger partial charge in [0.1, 0.15) is 5.60 Å². The van der Waals surface area contributed by atoms with Gasteiger partial charge in [0.2, 0.25) is 5.88 Å². The molecule has 0 bridgehead atoms. The average molecular weight is 181 g/mol. The Morgan fingerprint density at radius 1 is 1.31 bits per heavy atom. The molecule has 0 amide bonds. The van der Waals surface area contributed by atoms with Crippen LogP contribution >= 0.6 is 0 Å². The third-order valence-electron chi connectivity index (χ3n) is 1.32. The summed E-state index contributed by atoms with van der Waals surface area (Å²) in [7, 11) is 0. The van der Waals surface area contributed by atoms with E-state index in [1.54, 1.807) is 6.07 Å². The third-order valence-corrected chi connectivity index (χ3v) is 1.32. The Labute approximate surface area is 78.1 Å². The Balaban J connectivity index is 2.70. The van der Waals surface area contributed by atoms with Gasteiger partial charge in [-0.25, -0.2) is 0 Å². The summed E-state index contributed by atoms with van der Waals surface area (Å²) in [5, 5.41) is 7.76. The van der Waals surface area contributed by atoms with Crippen molar-refractivity contribution in [2.75, 3.05) is 0 Å². The van der Waals surface area contributed by atoms with E-state index in [1.165, 1.54) is 0 Å². The van der Waals surface area contributed by atoms with Crippen molar-refractivity contribution in [3.63, 3.8) is 0 Å². The van der Waals surface area contributed by atoms with Gasteiger partial charge in [-0.05, 0) is 26.8 Å². The van der Waals surface area contributed by atoms with Crippen molar-refractivity contribution in [3.8, 4) is 5.88 Å². The van der Waals surface area contributed by atoms with Crippen LogP contribution in [0.15, 0.2) is 12.1 Å². The first kappa shape index (κ1) is 9.92. The second kappa shape index (κ2) is 3.70. The molecule has 72 valence electrons. The fraction of sp³-hybridized carbons (Fsp3) is 0.556. The molecule has 0 aliphatic carbocycles. The maximum atomic E-state index is 5.49. The Bertz CT molecular complexity index is 263. The van der Waals surface area contributed by atoms with Crippen LogP contribution < -0.4 is 10.5 Å². The van der Waals surface area contributed by atoms with E-state index in [0.29, 0.717) is 12.4 Å². The maximum absolute atomic E-state index is 5.49. The first-order valence-corrected chi connectivity index (χ1v) is 4.23. The summed E-state index contributed by atoms with van der Waals surface area (Å²) in [6.45, 7) is 6.30. The summed E-state index contributed by atoms with van der Waals surface area (Å²) >= 11 is 0. The smallest absolute Gasteiger partial charge is 0.233 e. The fourth-order valence-corrected chi connectivity index (χ4v) is 0.825. The number of nitrogens with zero attached hydrogens (tertiary/aromatic N) is 2. The lowest BCUT2D eigenvalue weighted by Gasteiger charge is -2.19. The van der Waals surface area contributed by atoms with E-state index in [9.17, 15) is 0 Å². The van der Waals surface area contributed by atoms with E-state index in [1.807, 2.05) is 26.8 Å². The number of aromatic nitrogens is 2. The molecule has 4 heteroatoms. The summed E-state index contributed by atoms with van der Waals surface area (Å²) in [5.74, 6) is 0.532. The molecule has 0 saturated heterocycles. The molecule has 0 aliphatic rings. The SMILES string of the molecule is CC(C)(C)Oc1ccc(CN)nn1. The molecule has 0 unspecified atom stereocenters. The highest BCUT2D eigenvalue weighted by molar-refractivity contribution is 5.11. The van der Waals surface area contributed by atoms with Crippen LogP contribution in [0.4, 0.5) is 0 Å². The lowest BCUT2D eigenvalue weighted by Crippen LogP contribution is -2.23. The van der Waals surface area contributed by atoms with Crippen LogP contribution in [0.1, 0.15) is 26.5 Å². The topological polar surface area (TPSA) is 61.0 Å². The molecule has 0 spiro atoms. The van der Waals surface area contributed by atoms with Gasteiger partial charge in [-0.2, -0.15) is 5.10 Å². The molecule has 0 radical (unpaired) electrons.